The number of aryl methyl sites for hydroxylation is 2. The number of nitro benzene ring substituents is 1. The molecule has 0 radical (unpaired) electrons. The molecule has 0 unspecified atom stereocenters. The predicted molar refractivity (Wildman–Crippen MR) is 95.4 cm³/mol. The average Bonchev–Trinajstić information content (AvgIpc) is 3.06. The Kier molecular flexibility index (Phi) is 3.41. The summed E-state index contributed by atoms with van der Waals surface area (Å²) >= 11 is 0. The summed E-state index contributed by atoms with van der Waals surface area (Å²) in [4.78, 5) is 11.2. The molecule has 4 heteroatoms. The molecule has 2 aromatic carbocycles. The van der Waals surface area contributed by atoms with Gasteiger partial charge in [0.1, 0.15) is 0 Å². The molecule has 0 fully saturated rings. The van der Waals surface area contributed by atoms with Gasteiger partial charge in [-0.1, -0.05) is 42.5 Å². The summed E-state index contributed by atoms with van der Waals surface area (Å²) in [5, 5.41) is 15.1. The topological polar surface area (TPSA) is 55.2 Å². The maximum absolute atomic E-state index is 11.5. The van der Waals surface area contributed by atoms with E-state index in [-0.39, 0.29) is 16.7 Å². The van der Waals surface area contributed by atoms with Crippen molar-refractivity contribution in [2.45, 2.75) is 32.2 Å². The Balaban J connectivity index is 1.88. The number of nitro groups is 1. The van der Waals surface area contributed by atoms with E-state index in [1.807, 2.05) is 12.1 Å². The number of para-hydroxylation sites is 1. The predicted octanol–water partition coefficient (Wildman–Crippen LogP) is 5.04. The first-order valence-corrected chi connectivity index (χ1v) is 8.34. The standard InChI is InChI=1S/C20H20N2O2/c1-12-10-11-13(2)19-18(12)14-7-5-8-15(14)20(21-19)16-6-3-4-9-17(16)22(23)24/h3-7,9-11,14-15,20-21H,8H2,1-2H3/t14-,15+,20-/m0/s1. The first kappa shape index (κ1) is 14.9. The van der Waals surface area contributed by atoms with Crippen LogP contribution in [0.15, 0.2) is 48.6 Å². The molecule has 1 aliphatic heterocycles. The van der Waals surface area contributed by atoms with E-state index in [1.165, 1.54) is 16.7 Å². The Labute approximate surface area is 141 Å². The Bertz CT molecular complexity index is 857. The van der Waals surface area contributed by atoms with Crippen LogP contribution in [0.4, 0.5) is 11.4 Å². The number of nitrogens with zero attached hydrogens (tertiary/aromatic N) is 1. The van der Waals surface area contributed by atoms with Crippen LogP contribution in [0.1, 0.15) is 40.6 Å². The van der Waals surface area contributed by atoms with Crippen LogP contribution in [0.3, 0.4) is 0 Å². The summed E-state index contributed by atoms with van der Waals surface area (Å²) in [6.45, 7) is 4.25. The zero-order chi connectivity index (χ0) is 16.8. The molecule has 3 atom stereocenters. The van der Waals surface area contributed by atoms with Crippen molar-refractivity contribution in [3.05, 3.63) is 80.9 Å². The van der Waals surface area contributed by atoms with E-state index in [0.717, 1.165) is 17.7 Å². The third kappa shape index (κ3) is 2.13. The van der Waals surface area contributed by atoms with Crippen molar-refractivity contribution >= 4 is 11.4 Å². The Hall–Kier alpha value is -2.62. The SMILES string of the molecule is Cc1ccc(C)c2c1N[C@H](c1ccccc1[N+](=O)[O-])[C@@H]1CC=C[C@H]21. The normalized spacial score (nSPS) is 24.2. The zero-order valence-corrected chi connectivity index (χ0v) is 13.8. The number of fused-ring (bicyclic) bond motifs is 3. The second-order valence-electron chi connectivity index (χ2n) is 6.78. The lowest BCUT2D eigenvalue weighted by atomic mass is 9.74. The number of rotatable bonds is 2. The molecule has 0 amide bonds. The lowest BCUT2D eigenvalue weighted by molar-refractivity contribution is -0.385. The second kappa shape index (κ2) is 5.48. The number of hydrogen-bond donors (Lipinski definition) is 1. The molecule has 2 aromatic rings. The van der Waals surface area contributed by atoms with Gasteiger partial charge in [0.2, 0.25) is 0 Å². The number of hydrogen-bond acceptors (Lipinski definition) is 3. The van der Waals surface area contributed by atoms with Crippen LogP contribution in [0.2, 0.25) is 0 Å². The van der Waals surface area contributed by atoms with E-state index in [0.29, 0.717) is 11.8 Å². The molecular formula is C20H20N2O2. The fourth-order valence-corrected chi connectivity index (χ4v) is 4.27. The van der Waals surface area contributed by atoms with Gasteiger partial charge in [0.15, 0.2) is 0 Å². The van der Waals surface area contributed by atoms with Crippen LogP contribution in [-0.4, -0.2) is 4.92 Å². The average molecular weight is 320 g/mol. The molecule has 24 heavy (non-hydrogen) atoms. The number of anilines is 1. The highest BCUT2D eigenvalue weighted by molar-refractivity contribution is 5.67. The fraction of sp³-hybridized carbons (Fsp3) is 0.300. The molecule has 2 aliphatic rings. The monoisotopic (exact) mass is 320 g/mol. The van der Waals surface area contributed by atoms with Gasteiger partial charge in [0.25, 0.3) is 5.69 Å². The molecule has 0 bridgehead atoms. The molecule has 0 saturated carbocycles. The third-order valence-corrected chi connectivity index (χ3v) is 5.41. The van der Waals surface area contributed by atoms with Gasteiger partial charge in [0.05, 0.1) is 16.5 Å². The minimum atomic E-state index is -0.271. The van der Waals surface area contributed by atoms with Gasteiger partial charge in [0, 0.05) is 17.7 Å². The molecule has 1 heterocycles. The van der Waals surface area contributed by atoms with Crippen LogP contribution in [0.5, 0.6) is 0 Å². The first-order valence-electron chi connectivity index (χ1n) is 8.34. The van der Waals surface area contributed by atoms with Gasteiger partial charge in [-0.2, -0.15) is 0 Å². The molecular weight excluding hydrogens is 300 g/mol. The maximum Gasteiger partial charge on any atom is 0.274 e. The highest BCUT2D eigenvalue weighted by Crippen LogP contribution is 2.52. The Morgan fingerprint density at radius 3 is 2.67 bits per heavy atom. The minimum absolute atomic E-state index is 0.0420. The summed E-state index contributed by atoms with van der Waals surface area (Å²) in [5.41, 5.74) is 5.96. The van der Waals surface area contributed by atoms with Crippen molar-refractivity contribution in [1.82, 2.24) is 0 Å². The van der Waals surface area contributed by atoms with Gasteiger partial charge in [-0.05, 0) is 42.9 Å². The van der Waals surface area contributed by atoms with E-state index in [9.17, 15) is 10.1 Å². The van der Waals surface area contributed by atoms with Gasteiger partial charge in [-0.3, -0.25) is 10.1 Å². The highest BCUT2D eigenvalue weighted by atomic mass is 16.6. The fourth-order valence-electron chi connectivity index (χ4n) is 4.27. The molecule has 0 aromatic heterocycles. The summed E-state index contributed by atoms with van der Waals surface area (Å²) in [7, 11) is 0. The molecule has 4 rings (SSSR count). The lowest BCUT2D eigenvalue weighted by Crippen LogP contribution is -2.30. The summed E-state index contributed by atoms with van der Waals surface area (Å²) in [6.07, 6.45) is 5.44. The summed E-state index contributed by atoms with van der Waals surface area (Å²) in [5.74, 6) is 0.644. The van der Waals surface area contributed by atoms with E-state index >= 15 is 0 Å². The van der Waals surface area contributed by atoms with Crippen LogP contribution in [-0.2, 0) is 0 Å². The molecule has 1 N–H and O–H groups in total. The van der Waals surface area contributed by atoms with E-state index in [1.54, 1.807) is 12.1 Å². The van der Waals surface area contributed by atoms with Crippen molar-refractivity contribution in [3.63, 3.8) is 0 Å². The van der Waals surface area contributed by atoms with Gasteiger partial charge in [-0.25, -0.2) is 0 Å². The van der Waals surface area contributed by atoms with Crippen molar-refractivity contribution in [2.24, 2.45) is 5.92 Å². The van der Waals surface area contributed by atoms with Gasteiger partial charge >= 0.3 is 0 Å². The highest BCUT2D eigenvalue weighted by Gasteiger charge is 2.41. The zero-order valence-electron chi connectivity index (χ0n) is 13.8. The van der Waals surface area contributed by atoms with Gasteiger partial charge in [-0.15, -0.1) is 0 Å². The van der Waals surface area contributed by atoms with Crippen LogP contribution in [0, 0.1) is 29.9 Å². The summed E-state index contributed by atoms with van der Waals surface area (Å²) < 4.78 is 0. The van der Waals surface area contributed by atoms with Crippen LogP contribution in [0.25, 0.3) is 0 Å². The number of allylic oxidation sites excluding steroid dienone is 2. The Morgan fingerprint density at radius 2 is 1.88 bits per heavy atom. The van der Waals surface area contributed by atoms with Crippen molar-refractivity contribution in [3.8, 4) is 0 Å². The van der Waals surface area contributed by atoms with Crippen LogP contribution >= 0.6 is 0 Å². The van der Waals surface area contributed by atoms with Crippen molar-refractivity contribution < 1.29 is 4.92 Å². The van der Waals surface area contributed by atoms with Gasteiger partial charge < -0.3 is 5.32 Å². The largest absolute Gasteiger partial charge is 0.377 e. The minimum Gasteiger partial charge on any atom is -0.377 e. The Morgan fingerprint density at radius 1 is 1.12 bits per heavy atom. The first-order chi connectivity index (χ1) is 11.6. The molecule has 4 nitrogen and oxygen atoms in total. The van der Waals surface area contributed by atoms with E-state index in [2.05, 4.69) is 43.4 Å². The van der Waals surface area contributed by atoms with Crippen LogP contribution < -0.4 is 5.32 Å². The van der Waals surface area contributed by atoms with E-state index < -0.39 is 0 Å². The quantitative estimate of drug-likeness (QED) is 0.479. The number of benzene rings is 2. The number of nitrogens with one attached hydrogen (secondary N) is 1. The molecule has 0 spiro atoms. The lowest BCUT2D eigenvalue weighted by Gasteiger charge is -2.39. The molecule has 0 saturated heterocycles. The maximum atomic E-state index is 11.5. The molecule has 122 valence electrons. The van der Waals surface area contributed by atoms with Crippen molar-refractivity contribution in [1.29, 1.82) is 0 Å². The van der Waals surface area contributed by atoms with Crippen molar-refractivity contribution in [2.75, 3.05) is 5.32 Å². The second-order valence-corrected chi connectivity index (χ2v) is 6.78. The third-order valence-electron chi connectivity index (χ3n) is 5.41. The van der Waals surface area contributed by atoms with E-state index in [4.69, 9.17) is 0 Å². The summed E-state index contributed by atoms with van der Waals surface area (Å²) in [6, 6.07) is 11.4. The molecule has 1 aliphatic carbocycles. The smallest absolute Gasteiger partial charge is 0.274 e.